The number of rotatable bonds is 4. The third-order valence-corrected chi connectivity index (χ3v) is 5.34. The molecule has 3 heterocycles. The smallest absolute Gasteiger partial charge is 0.120 e. The van der Waals surface area contributed by atoms with Crippen molar-refractivity contribution in [2.45, 2.75) is 44.2 Å². The third kappa shape index (κ3) is 3.24. The summed E-state index contributed by atoms with van der Waals surface area (Å²) in [6.07, 6.45) is 8.20. The van der Waals surface area contributed by atoms with E-state index in [1.54, 1.807) is 0 Å². The fraction of sp³-hybridized carbons (Fsp3) is 0.579. The van der Waals surface area contributed by atoms with Crippen molar-refractivity contribution in [3.63, 3.8) is 0 Å². The standard InChI is InChI=1S/C19H26N2O2/c1-21-8-2-3-15(21)11-14-13-20-19-5-4-17(12-18(14)19)23-16-6-9-22-10-7-16/h4-5,12-13,15-16,20H,2-3,6-11H2,1H3/t15-/m1/s1. The number of ether oxygens (including phenoxy) is 2. The number of nitrogens with zero attached hydrogens (tertiary/aromatic N) is 1. The SMILES string of the molecule is CN1CCC[C@@H]1Cc1c[nH]c2ccc(OC3CCOCC3)cc12. The van der Waals surface area contributed by atoms with Gasteiger partial charge in [0.15, 0.2) is 0 Å². The molecule has 2 fully saturated rings. The van der Waals surface area contributed by atoms with Crippen molar-refractivity contribution < 1.29 is 9.47 Å². The molecular formula is C19H26N2O2. The third-order valence-electron chi connectivity index (χ3n) is 5.34. The number of nitrogens with one attached hydrogen (secondary N) is 1. The second-order valence-electron chi connectivity index (χ2n) is 6.93. The minimum absolute atomic E-state index is 0.296. The van der Waals surface area contributed by atoms with E-state index in [9.17, 15) is 0 Å². The molecule has 4 heteroatoms. The Balaban J connectivity index is 1.53. The van der Waals surface area contributed by atoms with Gasteiger partial charge in [0.2, 0.25) is 0 Å². The molecule has 1 aromatic carbocycles. The van der Waals surface area contributed by atoms with Gasteiger partial charge in [-0.25, -0.2) is 0 Å². The summed E-state index contributed by atoms with van der Waals surface area (Å²) >= 11 is 0. The van der Waals surface area contributed by atoms with Crippen molar-refractivity contribution in [1.29, 1.82) is 0 Å². The van der Waals surface area contributed by atoms with E-state index in [2.05, 4.69) is 41.3 Å². The minimum Gasteiger partial charge on any atom is -0.490 e. The van der Waals surface area contributed by atoms with Gasteiger partial charge in [-0.1, -0.05) is 0 Å². The van der Waals surface area contributed by atoms with E-state index in [0.29, 0.717) is 12.1 Å². The van der Waals surface area contributed by atoms with Crippen molar-refractivity contribution >= 4 is 10.9 Å². The van der Waals surface area contributed by atoms with E-state index in [1.165, 1.54) is 35.9 Å². The molecule has 2 aliphatic rings. The van der Waals surface area contributed by atoms with E-state index in [4.69, 9.17) is 9.47 Å². The van der Waals surface area contributed by atoms with Crippen LogP contribution in [0.1, 0.15) is 31.2 Å². The molecule has 2 saturated heterocycles. The first kappa shape index (κ1) is 15.0. The minimum atomic E-state index is 0.296. The zero-order valence-electron chi connectivity index (χ0n) is 13.9. The first-order valence-corrected chi connectivity index (χ1v) is 8.84. The van der Waals surface area contributed by atoms with Crippen molar-refractivity contribution in [3.8, 4) is 5.75 Å². The topological polar surface area (TPSA) is 37.5 Å². The van der Waals surface area contributed by atoms with E-state index < -0.39 is 0 Å². The zero-order chi connectivity index (χ0) is 15.6. The first-order valence-electron chi connectivity index (χ1n) is 8.84. The summed E-state index contributed by atoms with van der Waals surface area (Å²) in [4.78, 5) is 5.90. The van der Waals surface area contributed by atoms with Crippen LogP contribution >= 0.6 is 0 Å². The lowest BCUT2D eigenvalue weighted by molar-refractivity contribution is 0.0256. The summed E-state index contributed by atoms with van der Waals surface area (Å²) in [5.41, 5.74) is 2.62. The summed E-state index contributed by atoms with van der Waals surface area (Å²) in [6.45, 7) is 2.86. The first-order chi connectivity index (χ1) is 11.3. The molecule has 4 nitrogen and oxygen atoms in total. The molecule has 1 N–H and O–H groups in total. The van der Waals surface area contributed by atoms with Crippen LogP contribution in [0.2, 0.25) is 0 Å². The van der Waals surface area contributed by atoms with Crippen molar-refractivity contribution in [1.82, 2.24) is 9.88 Å². The van der Waals surface area contributed by atoms with Crippen LogP contribution in [-0.2, 0) is 11.2 Å². The molecule has 0 spiro atoms. The van der Waals surface area contributed by atoms with Crippen LogP contribution in [0.3, 0.4) is 0 Å². The number of H-pyrrole nitrogens is 1. The Morgan fingerprint density at radius 2 is 2.13 bits per heavy atom. The fourth-order valence-electron chi connectivity index (χ4n) is 3.88. The average molecular weight is 314 g/mol. The highest BCUT2D eigenvalue weighted by molar-refractivity contribution is 5.84. The van der Waals surface area contributed by atoms with Crippen LogP contribution in [0.4, 0.5) is 0 Å². The van der Waals surface area contributed by atoms with Gasteiger partial charge in [-0.15, -0.1) is 0 Å². The Bertz CT molecular complexity index is 660. The van der Waals surface area contributed by atoms with E-state index in [1.807, 2.05) is 0 Å². The Morgan fingerprint density at radius 1 is 1.26 bits per heavy atom. The maximum Gasteiger partial charge on any atom is 0.120 e. The quantitative estimate of drug-likeness (QED) is 0.940. The summed E-state index contributed by atoms with van der Waals surface area (Å²) in [5, 5.41) is 1.31. The van der Waals surface area contributed by atoms with Gasteiger partial charge < -0.3 is 19.4 Å². The monoisotopic (exact) mass is 314 g/mol. The number of likely N-dealkylation sites (tertiary alicyclic amines) is 1. The van der Waals surface area contributed by atoms with Gasteiger partial charge in [0, 0.05) is 36.0 Å². The molecule has 23 heavy (non-hydrogen) atoms. The highest BCUT2D eigenvalue weighted by atomic mass is 16.5. The molecule has 4 rings (SSSR count). The molecule has 124 valence electrons. The molecular weight excluding hydrogens is 288 g/mol. The van der Waals surface area contributed by atoms with Gasteiger partial charge in [0.25, 0.3) is 0 Å². The predicted octanol–water partition coefficient (Wildman–Crippen LogP) is 3.36. The molecule has 0 saturated carbocycles. The molecule has 1 aromatic heterocycles. The summed E-state index contributed by atoms with van der Waals surface area (Å²) in [6, 6.07) is 7.12. The summed E-state index contributed by atoms with van der Waals surface area (Å²) in [7, 11) is 2.24. The second-order valence-corrected chi connectivity index (χ2v) is 6.93. The Kier molecular flexibility index (Phi) is 4.27. The van der Waals surface area contributed by atoms with Crippen molar-refractivity contribution in [3.05, 3.63) is 30.0 Å². The molecule has 0 bridgehead atoms. The highest BCUT2D eigenvalue weighted by Crippen LogP contribution is 2.28. The van der Waals surface area contributed by atoms with Gasteiger partial charge >= 0.3 is 0 Å². The lowest BCUT2D eigenvalue weighted by Gasteiger charge is -2.23. The zero-order valence-corrected chi connectivity index (χ0v) is 13.9. The van der Waals surface area contributed by atoms with Crippen LogP contribution in [0.25, 0.3) is 10.9 Å². The van der Waals surface area contributed by atoms with Crippen molar-refractivity contribution in [2.24, 2.45) is 0 Å². The maximum atomic E-state index is 6.17. The lowest BCUT2D eigenvalue weighted by Crippen LogP contribution is -2.26. The van der Waals surface area contributed by atoms with Gasteiger partial charge in [0.05, 0.1) is 13.2 Å². The highest BCUT2D eigenvalue weighted by Gasteiger charge is 2.22. The number of hydrogen-bond acceptors (Lipinski definition) is 3. The maximum absolute atomic E-state index is 6.17. The molecule has 0 amide bonds. The second kappa shape index (κ2) is 6.54. The molecule has 2 aliphatic heterocycles. The van der Waals surface area contributed by atoms with Crippen LogP contribution in [0, 0.1) is 0 Å². The molecule has 1 atom stereocenters. The summed E-state index contributed by atoms with van der Waals surface area (Å²) in [5.74, 6) is 0.991. The van der Waals surface area contributed by atoms with E-state index in [-0.39, 0.29) is 0 Å². The van der Waals surface area contributed by atoms with Crippen molar-refractivity contribution in [2.75, 3.05) is 26.8 Å². The van der Waals surface area contributed by atoms with Gasteiger partial charge in [0.1, 0.15) is 11.9 Å². The van der Waals surface area contributed by atoms with Crippen LogP contribution in [0.5, 0.6) is 5.75 Å². The number of fused-ring (bicyclic) bond motifs is 1. The average Bonchev–Trinajstić information content (AvgIpc) is 3.16. The van der Waals surface area contributed by atoms with Crippen LogP contribution in [0.15, 0.2) is 24.4 Å². The number of aromatic amines is 1. The number of likely N-dealkylation sites (N-methyl/N-ethyl adjacent to an activating group) is 1. The van der Waals surface area contributed by atoms with Gasteiger partial charge in [-0.2, -0.15) is 0 Å². The van der Waals surface area contributed by atoms with Gasteiger partial charge in [-0.3, -0.25) is 0 Å². The lowest BCUT2D eigenvalue weighted by atomic mass is 10.0. The predicted molar refractivity (Wildman–Crippen MR) is 92.1 cm³/mol. The Labute approximate surface area is 137 Å². The number of hydrogen-bond donors (Lipinski definition) is 1. The fourth-order valence-corrected chi connectivity index (χ4v) is 3.88. The molecule has 2 aromatic rings. The molecule has 0 radical (unpaired) electrons. The van der Waals surface area contributed by atoms with Crippen LogP contribution < -0.4 is 4.74 Å². The number of aromatic nitrogens is 1. The number of benzene rings is 1. The molecule has 0 aliphatic carbocycles. The summed E-state index contributed by atoms with van der Waals surface area (Å²) < 4.78 is 11.6. The van der Waals surface area contributed by atoms with Crippen LogP contribution in [-0.4, -0.2) is 48.8 Å². The Morgan fingerprint density at radius 3 is 2.91 bits per heavy atom. The van der Waals surface area contributed by atoms with Gasteiger partial charge in [-0.05, 0) is 56.6 Å². The largest absolute Gasteiger partial charge is 0.490 e. The van der Waals surface area contributed by atoms with E-state index >= 15 is 0 Å². The molecule has 0 unspecified atom stereocenters. The Hall–Kier alpha value is -1.52. The normalized spacial score (nSPS) is 23.6. The van der Waals surface area contributed by atoms with E-state index in [0.717, 1.165) is 38.2 Å².